The van der Waals surface area contributed by atoms with Gasteiger partial charge in [0.25, 0.3) is 0 Å². The minimum absolute atomic E-state index is 0.170. The molecule has 140 valence electrons. The lowest BCUT2D eigenvalue weighted by atomic mass is 9.86. The molecule has 2 aromatic rings. The van der Waals surface area contributed by atoms with Crippen LogP contribution in [0.5, 0.6) is 5.75 Å². The first kappa shape index (κ1) is 17.5. The Morgan fingerprint density at radius 2 is 2.11 bits per heavy atom. The molecule has 0 aromatic heterocycles. The fourth-order valence-corrected chi connectivity index (χ4v) is 3.65. The number of hydrazone groups is 1. The average molecular weight is 368 g/mol. The molecule has 0 saturated heterocycles. The third-order valence-corrected chi connectivity index (χ3v) is 4.98. The van der Waals surface area contributed by atoms with Crippen LogP contribution in [0.25, 0.3) is 0 Å². The van der Waals surface area contributed by atoms with Crippen LogP contribution in [0.4, 0.5) is 9.18 Å². The van der Waals surface area contributed by atoms with Crippen LogP contribution in [-0.4, -0.2) is 48.4 Å². The van der Waals surface area contributed by atoms with Gasteiger partial charge in [-0.25, -0.2) is 14.2 Å². The number of nitrogens with two attached hydrogens (primary N) is 1. The standard InChI is InChI=1S/C20H21FN4O2/c1-24(10-9-22)20(26)25-19(13-5-3-2-4-6-13)16-12-27-17-8-7-14(21)11-15(17)18(16)23-25/h2-8,11,16,19H,9-10,12,22H2,1H3. The summed E-state index contributed by atoms with van der Waals surface area (Å²) in [4.78, 5) is 14.6. The van der Waals surface area contributed by atoms with E-state index in [1.807, 2.05) is 30.3 Å². The molecule has 7 heteroatoms. The highest BCUT2D eigenvalue weighted by Gasteiger charge is 2.45. The van der Waals surface area contributed by atoms with E-state index in [1.165, 1.54) is 17.1 Å². The SMILES string of the molecule is CN(CCN)C(=O)N1N=C2c3cc(F)ccc3OCC2C1c1ccccc1. The zero-order valence-corrected chi connectivity index (χ0v) is 15.0. The molecule has 27 heavy (non-hydrogen) atoms. The topological polar surface area (TPSA) is 71.2 Å². The molecule has 2 heterocycles. The number of nitrogens with zero attached hydrogens (tertiary/aromatic N) is 3. The Morgan fingerprint density at radius 1 is 1.33 bits per heavy atom. The molecular weight excluding hydrogens is 347 g/mol. The van der Waals surface area contributed by atoms with Gasteiger partial charge in [0.05, 0.1) is 24.3 Å². The first-order valence-electron chi connectivity index (χ1n) is 8.90. The lowest BCUT2D eigenvalue weighted by Crippen LogP contribution is -2.42. The van der Waals surface area contributed by atoms with Gasteiger partial charge in [-0.1, -0.05) is 30.3 Å². The Morgan fingerprint density at radius 3 is 2.85 bits per heavy atom. The Kier molecular flexibility index (Phi) is 4.53. The van der Waals surface area contributed by atoms with Crippen LogP contribution >= 0.6 is 0 Å². The number of amides is 2. The molecule has 2 amide bonds. The van der Waals surface area contributed by atoms with E-state index in [0.29, 0.717) is 36.7 Å². The summed E-state index contributed by atoms with van der Waals surface area (Å²) in [6.07, 6.45) is 0. The van der Waals surface area contributed by atoms with Gasteiger partial charge in [0.2, 0.25) is 0 Å². The van der Waals surface area contributed by atoms with Gasteiger partial charge in [0.1, 0.15) is 11.6 Å². The zero-order chi connectivity index (χ0) is 19.0. The van der Waals surface area contributed by atoms with Crippen molar-refractivity contribution in [1.29, 1.82) is 0 Å². The predicted octanol–water partition coefficient (Wildman–Crippen LogP) is 2.61. The predicted molar refractivity (Wildman–Crippen MR) is 100 cm³/mol. The van der Waals surface area contributed by atoms with Crippen molar-refractivity contribution in [2.45, 2.75) is 6.04 Å². The summed E-state index contributed by atoms with van der Waals surface area (Å²) in [7, 11) is 1.70. The van der Waals surface area contributed by atoms with Gasteiger partial charge >= 0.3 is 6.03 Å². The monoisotopic (exact) mass is 368 g/mol. The van der Waals surface area contributed by atoms with E-state index in [9.17, 15) is 9.18 Å². The number of rotatable bonds is 3. The number of benzene rings is 2. The van der Waals surface area contributed by atoms with Gasteiger partial charge in [0, 0.05) is 25.7 Å². The second-order valence-corrected chi connectivity index (χ2v) is 6.74. The highest BCUT2D eigenvalue weighted by atomic mass is 19.1. The van der Waals surface area contributed by atoms with Crippen LogP contribution in [0.2, 0.25) is 0 Å². The number of carbonyl (C=O) groups is 1. The second-order valence-electron chi connectivity index (χ2n) is 6.74. The van der Waals surface area contributed by atoms with Crippen LogP contribution in [0.15, 0.2) is 53.6 Å². The highest BCUT2D eigenvalue weighted by Crippen LogP contribution is 2.42. The maximum Gasteiger partial charge on any atom is 0.340 e. The number of hydrogen-bond acceptors (Lipinski definition) is 4. The number of hydrogen-bond donors (Lipinski definition) is 1. The van der Waals surface area contributed by atoms with Gasteiger partial charge < -0.3 is 15.4 Å². The molecule has 0 radical (unpaired) electrons. The van der Waals surface area contributed by atoms with Crippen molar-refractivity contribution in [1.82, 2.24) is 9.91 Å². The van der Waals surface area contributed by atoms with Crippen LogP contribution < -0.4 is 10.5 Å². The number of halogens is 1. The number of ether oxygens (including phenoxy) is 1. The molecular formula is C20H21FN4O2. The van der Waals surface area contributed by atoms with E-state index >= 15 is 0 Å². The molecule has 2 N–H and O–H groups in total. The normalized spacial score (nSPS) is 20.4. The Balaban J connectivity index is 1.78. The molecule has 0 saturated carbocycles. The minimum Gasteiger partial charge on any atom is -0.492 e. The van der Waals surface area contributed by atoms with Crippen LogP contribution in [0, 0.1) is 11.7 Å². The molecule has 0 spiro atoms. The summed E-state index contributed by atoms with van der Waals surface area (Å²) in [6, 6.07) is 13.5. The quantitative estimate of drug-likeness (QED) is 0.905. The van der Waals surface area contributed by atoms with Crippen LogP contribution in [-0.2, 0) is 0 Å². The first-order chi connectivity index (χ1) is 13.1. The fraction of sp³-hybridized carbons (Fsp3) is 0.300. The molecule has 4 rings (SSSR count). The molecule has 2 aliphatic heterocycles. The van der Waals surface area contributed by atoms with E-state index in [4.69, 9.17) is 10.5 Å². The van der Waals surface area contributed by atoms with Crippen LogP contribution in [0.1, 0.15) is 17.2 Å². The molecule has 2 aliphatic rings. The molecule has 0 fully saturated rings. The van der Waals surface area contributed by atoms with Crippen molar-refractivity contribution in [2.24, 2.45) is 16.8 Å². The van der Waals surface area contributed by atoms with E-state index in [-0.39, 0.29) is 23.8 Å². The van der Waals surface area contributed by atoms with E-state index in [2.05, 4.69) is 5.10 Å². The second kappa shape index (κ2) is 7.00. The molecule has 0 bridgehead atoms. The number of fused-ring (bicyclic) bond motifs is 3. The van der Waals surface area contributed by atoms with E-state index in [0.717, 1.165) is 5.56 Å². The van der Waals surface area contributed by atoms with E-state index in [1.54, 1.807) is 18.0 Å². The minimum atomic E-state index is -0.359. The van der Waals surface area contributed by atoms with Crippen molar-refractivity contribution < 1.29 is 13.9 Å². The first-order valence-corrected chi connectivity index (χ1v) is 8.90. The third kappa shape index (κ3) is 3.04. The van der Waals surface area contributed by atoms with Crippen molar-refractivity contribution in [3.05, 3.63) is 65.5 Å². The molecule has 2 atom stereocenters. The Bertz CT molecular complexity index is 887. The van der Waals surface area contributed by atoms with Crippen LogP contribution in [0.3, 0.4) is 0 Å². The molecule has 0 aliphatic carbocycles. The van der Waals surface area contributed by atoms with E-state index < -0.39 is 0 Å². The van der Waals surface area contributed by atoms with Gasteiger partial charge in [-0.2, -0.15) is 5.10 Å². The summed E-state index contributed by atoms with van der Waals surface area (Å²) in [5, 5.41) is 6.11. The number of carbonyl (C=O) groups excluding carboxylic acids is 1. The fourth-order valence-electron chi connectivity index (χ4n) is 3.65. The summed E-state index contributed by atoms with van der Waals surface area (Å²) in [5.41, 5.74) is 7.84. The maximum absolute atomic E-state index is 13.8. The summed E-state index contributed by atoms with van der Waals surface area (Å²) < 4.78 is 19.7. The van der Waals surface area contributed by atoms with Crippen molar-refractivity contribution in [3.8, 4) is 5.75 Å². The number of likely N-dealkylation sites (N-methyl/N-ethyl adjacent to an activating group) is 1. The highest BCUT2D eigenvalue weighted by molar-refractivity contribution is 6.07. The summed E-state index contributed by atoms with van der Waals surface area (Å²) in [5.74, 6) is 0.0572. The Labute approximate surface area is 157 Å². The largest absolute Gasteiger partial charge is 0.492 e. The zero-order valence-electron chi connectivity index (χ0n) is 15.0. The van der Waals surface area contributed by atoms with Gasteiger partial charge in [-0.3, -0.25) is 0 Å². The Hall–Kier alpha value is -2.93. The molecule has 6 nitrogen and oxygen atoms in total. The lowest BCUT2D eigenvalue weighted by molar-refractivity contribution is 0.134. The van der Waals surface area contributed by atoms with Crippen molar-refractivity contribution >= 4 is 11.7 Å². The lowest BCUT2D eigenvalue weighted by Gasteiger charge is -2.31. The van der Waals surface area contributed by atoms with Gasteiger partial charge in [0.15, 0.2) is 0 Å². The van der Waals surface area contributed by atoms with Gasteiger partial charge in [-0.05, 0) is 23.8 Å². The van der Waals surface area contributed by atoms with Crippen molar-refractivity contribution in [3.63, 3.8) is 0 Å². The van der Waals surface area contributed by atoms with Crippen molar-refractivity contribution in [2.75, 3.05) is 26.7 Å². The maximum atomic E-state index is 13.8. The summed E-state index contributed by atoms with van der Waals surface area (Å²) >= 11 is 0. The molecule has 2 unspecified atom stereocenters. The smallest absolute Gasteiger partial charge is 0.340 e. The van der Waals surface area contributed by atoms with Gasteiger partial charge in [-0.15, -0.1) is 0 Å². The summed E-state index contributed by atoms with van der Waals surface area (Å²) in [6.45, 7) is 1.17. The number of urea groups is 1. The third-order valence-electron chi connectivity index (χ3n) is 4.98. The average Bonchev–Trinajstić information content (AvgIpc) is 3.08. The molecule has 2 aromatic carbocycles.